The largest absolute Gasteiger partial charge is 0.478 e. The molecule has 0 aliphatic rings. The van der Waals surface area contributed by atoms with Crippen LogP contribution < -0.4 is 0 Å². The molecule has 0 radical (unpaired) electrons. The van der Waals surface area contributed by atoms with Crippen molar-refractivity contribution in [3.05, 3.63) is 28.2 Å². The second-order valence-electron chi connectivity index (χ2n) is 3.32. The van der Waals surface area contributed by atoms with E-state index in [0.717, 1.165) is 15.8 Å². The smallest absolute Gasteiger partial charge is 0.335 e. The van der Waals surface area contributed by atoms with Gasteiger partial charge in [-0.2, -0.15) is 0 Å². The van der Waals surface area contributed by atoms with Crippen molar-refractivity contribution in [2.75, 3.05) is 0 Å². The number of benzene rings is 1. The Morgan fingerprint density at radius 1 is 1.53 bits per heavy atom. The number of halogens is 1. The molecule has 1 aromatic carbocycles. The molecule has 0 bridgehead atoms. The molecule has 15 heavy (non-hydrogen) atoms. The molecule has 1 aromatic rings. The van der Waals surface area contributed by atoms with Crippen LogP contribution in [0, 0.1) is 0 Å². The van der Waals surface area contributed by atoms with Crippen LogP contribution in [0.1, 0.15) is 30.6 Å². The number of hydrogen-bond donors (Lipinski definition) is 1. The summed E-state index contributed by atoms with van der Waals surface area (Å²) in [5.74, 6) is -0.887. The lowest BCUT2D eigenvalue weighted by atomic mass is 10.2. The molecule has 1 unspecified atom stereocenters. The van der Waals surface area contributed by atoms with E-state index in [1.54, 1.807) is 23.9 Å². The highest BCUT2D eigenvalue weighted by Gasteiger charge is 2.08. The molecule has 4 heteroatoms. The normalized spacial score (nSPS) is 12.5. The van der Waals surface area contributed by atoms with E-state index in [1.165, 1.54) is 0 Å². The fourth-order valence-corrected chi connectivity index (χ4v) is 2.74. The Morgan fingerprint density at radius 2 is 2.20 bits per heavy atom. The first kappa shape index (κ1) is 12.6. The molecule has 0 saturated heterocycles. The fourth-order valence-electron chi connectivity index (χ4n) is 1.07. The Hall–Kier alpha value is -0.480. The van der Waals surface area contributed by atoms with Crippen molar-refractivity contribution in [1.29, 1.82) is 0 Å². The number of carboxylic acid groups (broad SMARTS) is 1. The molecule has 0 aliphatic heterocycles. The van der Waals surface area contributed by atoms with Crippen LogP contribution in [0.25, 0.3) is 0 Å². The topological polar surface area (TPSA) is 37.3 Å². The summed E-state index contributed by atoms with van der Waals surface area (Å²) in [6.07, 6.45) is 1.07. The van der Waals surface area contributed by atoms with E-state index in [2.05, 4.69) is 29.8 Å². The molecule has 82 valence electrons. The van der Waals surface area contributed by atoms with Gasteiger partial charge in [-0.15, -0.1) is 11.8 Å². The van der Waals surface area contributed by atoms with Crippen LogP contribution in [0.3, 0.4) is 0 Å². The zero-order valence-corrected chi connectivity index (χ0v) is 11.1. The SMILES string of the molecule is CCC(C)Sc1cc(Br)cc(C(=O)O)c1. The summed E-state index contributed by atoms with van der Waals surface area (Å²) < 4.78 is 0.813. The molecule has 1 rings (SSSR count). The molecule has 0 fully saturated rings. The van der Waals surface area contributed by atoms with Crippen molar-refractivity contribution in [3.8, 4) is 0 Å². The van der Waals surface area contributed by atoms with Gasteiger partial charge in [0, 0.05) is 14.6 Å². The Bertz CT molecular complexity index is 366. The van der Waals surface area contributed by atoms with Gasteiger partial charge in [0.2, 0.25) is 0 Å². The number of hydrogen-bond acceptors (Lipinski definition) is 2. The van der Waals surface area contributed by atoms with Crippen LogP contribution in [0.15, 0.2) is 27.6 Å². The van der Waals surface area contributed by atoms with Gasteiger partial charge < -0.3 is 5.11 Å². The van der Waals surface area contributed by atoms with Gasteiger partial charge in [0.05, 0.1) is 5.56 Å². The van der Waals surface area contributed by atoms with Gasteiger partial charge in [-0.25, -0.2) is 4.79 Å². The van der Waals surface area contributed by atoms with Crippen molar-refractivity contribution in [3.63, 3.8) is 0 Å². The summed E-state index contributed by atoms with van der Waals surface area (Å²) in [7, 11) is 0. The third kappa shape index (κ3) is 3.87. The molecule has 1 atom stereocenters. The molecule has 0 saturated carbocycles. The summed E-state index contributed by atoms with van der Waals surface area (Å²) in [6, 6.07) is 5.27. The predicted molar refractivity (Wildman–Crippen MR) is 66.7 cm³/mol. The van der Waals surface area contributed by atoms with Crippen molar-refractivity contribution in [2.45, 2.75) is 30.4 Å². The first-order valence-electron chi connectivity index (χ1n) is 4.73. The minimum atomic E-state index is -0.887. The Morgan fingerprint density at radius 3 is 2.73 bits per heavy atom. The highest BCUT2D eigenvalue weighted by molar-refractivity contribution is 9.10. The van der Waals surface area contributed by atoms with Crippen molar-refractivity contribution >= 4 is 33.7 Å². The minimum Gasteiger partial charge on any atom is -0.478 e. The lowest BCUT2D eigenvalue weighted by Gasteiger charge is -2.09. The second-order valence-corrected chi connectivity index (χ2v) is 5.74. The zero-order chi connectivity index (χ0) is 11.4. The van der Waals surface area contributed by atoms with E-state index in [1.807, 2.05) is 6.07 Å². The third-order valence-corrected chi connectivity index (χ3v) is 3.73. The van der Waals surface area contributed by atoms with E-state index < -0.39 is 5.97 Å². The van der Waals surface area contributed by atoms with Gasteiger partial charge in [0.25, 0.3) is 0 Å². The van der Waals surface area contributed by atoms with Gasteiger partial charge in [0.15, 0.2) is 0 Å². The molecule has 1 N–H and O–H groups in total. The fraction of sp³-hybridized carbons (Fsp3) is 0.364. The van der Waals surface area contributed by atoms with E-state index in [-0.39, 0.29) is 0 Å². The van der Waals surface area contributed by atoms with Gasteiger partial charge >= 0.3 is 5.97 Å². The lowest BCUT2D eigenvalue weighted by molar-refractivity contribution is 0.0696. The van der Waals surface area contributed by atoms with Crippen molar-refractivity contribution < 1.29 is 9.90 Å². The van der Waals surface area contributed by atoms with Gasteiger partial charge in [-0.1, -0.05) is 29.8 Å². The van der Waals surface area contributed by atoms with E-state index in [9.17, 15) is 4.79 Å². The molecule has 0 spiro atoms. The quantitative estimate of drug-likeness (QED) is 0.850. The second kappa shape index (κ2) is 5.56. The van der Waals surface area contributed by atoms with Crippen LogP contribution in [0.5, 0.6) is 0 Å². The Labute approximate surface area is 102 Å². The zero-order valence-electron chi connectivity index (χ0n) is 8.66. The van der Waals surface area contributed by atoms with E-state index in [0.29, 0.717) is 10.8 Å². The summed E-state index contributed by atoms with van der Waals surface area (Å²) in [5, 5.41) is 9.40. The summed E-state index contributed by atoms with van der Waals surface area (Å²) in [4.78, 5) is 11.8. The Balaban J connectivity index is 2.93. The van der Waals surface area contributed by atoms with Crippen LogP contribution in [0.2, 0.25) is 0 Å². The van der Waals surface area contributed by atoms with Crippen molar-refractivity contribution in [1.82, 2.24) is 0 Å². The maximum atomic E-state index is 10.8. The highest BCUT2D eigenvalue weighted by atomic mass is 79.9. The lowest BCUT2D eigenvalue weighted by Crippen LogP contribution is -1.98. The van der Waals surface area contributed by atoms with Gasteiger partial charge in [-0.3, -0.25) is 0 Å². The van der Waals surface area contributed by atoms with Crippen LogP contribution >= 0.6 is 27.7 Å². The van der Waals surface area contributed by atoms with Gasteiger partial charge in [0.1, 0.15) is 0 Å². The molecule has 0 amide bonds. The van der Waals surface area contributed by atoms with Crippen molar-refractivity contribution in [2.24, 2.45) is 0 Å². The average molecular weight is 289 g/mol. The maximum Gasteiger partial charge on any atom is 0.335 e. The Kier molecular flexibility index (Phi) is 4.67. The average Bonchev–Trinajstić information content (AvgIpc) is 2.16. The van der Waals surface area contributed by atoms with E-state index in [4.69, 9.17) is 5.11 Å². The third-order valence-electron chi connectivity index (χ3n) is 2.03. The molecular formula is C11H13BrO2S. The van der Waals surface area contributed by atoms with Crippen LogP contribution in [0.4, 0.5) is 0 Å². The van der Waals surface area contributed by atoms with Gasteiger partial charge in [-0.05, 0) is 24.6 Å². The first-order chi connectivity index (χ1) is 7.02. The molecular weight excluding hydrogens is 276 g/mol. The minimum absolute atomic E-state index is 0.329. The summed E-state index contributed by atoms with van der Waals surface area (Å²) >= 11 is 5.01. The van der Waals surface area contributed by atoms with E-state index >= 15 is 0 Å². The number of carboxylic acids is 1. The maximum absolute atomic E-state index is 10.8. The summed E-state index contributed by atoms with van der Waals surface area (Å²) in [5.41, 5.74) is 0.329. The number of thioether (sulfide) groups is 1. The number of rotatable bonds is 4. The number of aromatic carboxylic acids is 1. The highest BCUT2D eigenvalue weighted by Crippen LogP contribution is 2.28. The monoisotopic (exact) mass is 288 g/mol. The predicted octanol–water partition coefficient (Wildman–Crippen LogP) is 4.04. The van der Waals surface area contributed by atoms with Crippen LogP contribution in [-0.4, -0.2) is 16.3 Å². The molecule has 0 heterocycles. The first-order valence-corrected chi connectivity index (χ1v) is 6.40. The summed E-state index contributed by atoms with van der Waals surface area (Å²) in [6.45, 7) is 4.25. The molecule has 0 aliphatic carbocycles. The standard InChI is InChI=1S/C11H13BrO2S/c1-3-7(2)15-10-5-8(11(13)14)4-9(12)6-10/h4-7H,3H2,1-2H3,(H,13,14). The van der Waals surface area contributed by atoms with Crippen LogP contribution in [-0.2, 0) is 0 Å². The number of carbonyl (C=O) groups is 1. The molecule has 2 nitrogen and oxygen atoms in total. The molecule has 0 aromatic heterocycles.